The lowest BCUT2D eigenvalue weighted by Crippen LogP contribution is -2.34. The maximum absolute atomic E-state index is 12.6. The summed E-state index contributed by atoms with van der Waals surface area (Å²) in [5.41, 5.74) is 6.12. The number of carbonyl (C=O) groups is 2. The van der Waals surface area contributed by atoms with E-state index in [0.29, 0.717) is 17.2 Å². The number of rotatable bonds is 6. The Morgan fingerprint density at radius 1 is 1.24 bits per heavy atom. The van der Waals surface area contributed by atoms with Gasteiger partial charge in [-0.15, -0.1) is 0 Å². The average molecular weight is 397 g/mol. The summed E-state index contributed by atoms with van der Waals surface area (Å²) in [5.74, 6) is -1.23. The maximum atomic E-state index is 12.6. The predicted molar refractivity (Wildman–Crippen MR) is 108 cm³/mol. The molecule has 29 heavy (non-hydrogen) atoms. The van der Waals surface area contributed by atoms with Crippen molar-refractivity contribution in [3.05, 3.63) is 69.8 Å². The van der Waals surface area contributed by atoms with Crippen molar-refractivity contribution in [3.8, 4) is 0 Å². The van der Waals surface area contributed by atoms with Gasteiger partial charge in [0.05, 0.1) is 10.5 Å². The van der Waals surface area contributed by atoms with Crippen molar-refractivity contribution in [2.45, 2.75) is 25.9 Å². The zero-order valence-corrected chi connectivity index (χ0v) is 16.1. The Morgan fingerprint density at radius 3 is 2.59 bits per heavy atom. The summed E-state index contributed by atoms with van der Waals surface area (Å²) in [7, 11) is 0. The lowest BCUT2D eigenvalue weighted by molar-refractivity contribution is -0.384. The van der Waals surface area contributed by atoms with Crippen LogP contribution in [0.4, 0.5) is 11.4 Å². The molecule has 2 N–H and O–H groups in total. The first-order chi connectivity index (χ1) is 13.9. The number of amides is 1. The van der Waals surface area contributed by atoms with E-state index >= 15 is 0 Å². The quantitative estimate of drug-likeness (QED) is 0.454. The molecule has 0 bridgehead atoms. The zero-order chi connectivity index (χ0) is 21.0. The summed E-state index contributed by atoms with van der Waals surface area (Å²) in [6.07, 6.45) is 0.771. The van der Waals surface area contributed by atoms with E-state index in [2.05, 4.69) is 6.92 Å². The highest BCUT2D eigenvalue weighted by Crippen LogP contribution is 2.33. The van der Waals surface area contributed by atoms with Gasteiger partial charge in [-0.1, -0.05) is 37.3 Å². The number of nitrogens with two attached hydrogens (primary N) is 1. The van der Waals surface area contributed by atoms with Crippen molar-refractivity contribution < 1.29 is 19.2 Å². The number of benzene rings is 2. The molecule has 0 saturated carbocycles. The number of piperidine rings is 1. The number of hydrogen-bond acceptors (Lipinski definition) is 6. The van der Waals surface area contributed by atoms with Gasteiger partial charge in [-0.25, -0.2) is 4.79 Å². The van der Waals surface area contributed by atoms with Crippen LogP contribution in [0.5, 0.6) is 0 Å². The zero-order valence-electron chi connectivity index (χ0n) is 16.1. The van der Waals surface area contributed by atoms with Crippen LogP contribution in [0, 0.1) is 16.0 Å². The number of hydrogen-bond donors (Lipinski definition) is 1. The predicted octanol–water partition coefficient (Wildman–Crippen LogP) is 3.21. The Labute approximate surface area is 168 Å². The lowest BCUT2D eigenvalue weighted by atomic mass is 9.99. The molecule has 8 heteroatoms. The molecule has 0 aliphatic carbocycles. The molecule has 1 amide bonds. The van der Waals surface area contributed by atoms with Crippen molar-refractivity contribution in [1.29, 1.82) is 0 Å². The molecule has 1 heterocycles. The Kier molecular flexibility index (Phi) is 6.11. The second-order valence-electron chi connectivity index (χ2n) is 7.25. The van der Waals surface area contributed by atoms with Gasteiger partial charge in [0.2, 0.25) is 6.10 Å². The van der Waals surface area contributed by atoms with E-state index in [1.165, 1.54) is 12.1 Å². The maximum Gasteiger partial charge on any atom is 0.339 e. The molecule has 3 rings (SSSR count). The summed E-state index contributed by atoms with van der Waals surface area (Å²) in [5, 5.41) is 11.6. The average Bonchev–Trinajstić information content (AvgIpc) is 2.71. The van der Waals surface area contributed by atoms with Crippen LogP contribution in [0.15, 0.2) is 48.5 Å². The smallest absolute Gasteiger partial charge is 0.339 e. The highest BCUT2D eigenvalue weighted by atomic mass is 16.6. The molecule has 1 aliphatic rings. The van der Waals surface area contributed by atoms with Crippen molar-refractivity contribution in [2.75, 3.05) is 18.0 Å². The van der Waals surface area contributed by atoms with Crippen molar-refractivity contribution in [1.82, 2.24) is 0 Å². The third-order valence-corrected chi connectivity index (χ3v) is 4.99. The van der Waals surface area contributed by atoms with Crippen LogP contribution in [0.2, 0.25) is 0 Å². The SMILES string of the molecule is CC1CCCN(c2ccc(C(=O)OC(C(N)=O)c3ccccc3)cc2[N+](=O)[O-])C1. The van der Waals surface area contributed by atoms with Crippen LogP contribution < -0.4 is 10.6 Å². The standard InChI is InChI=1S/C21H23N3O5/c1-14-6-5-11-23(13-14)17-10-9-16(12-18(17)24(27)28)21(26)29-19(20(22)25)15-7-3-2-4-8-15/h2-4,7-10,12,14,19H,5-6,11,13H2,1H3,(H2,22,25). The van der Waals surface area contributed by atoms with Gasteiger partial charge in [-0.2, -0.15) is 0 Å². The lowest BCUT2D eigenvalue weighted by Gasteiger charge is -2.32. The molecule has 2 unspecified atom stereocenters. The second-order valence-corrected chi connectivity index (χ2v) is 7.25. The van der Waals surface area contributed by atoms with Crippen molar-refractivity contribution >= 4 is 23.3 Å². The van der Waals surface area contributed by atoms with Gasteiger partial charge in [0.25, 0.3) is 11.6 Å². The topological polar surface area (TPSA) is 116 Å². The first-order valence-corrected chi connectivity index (χ1v) is 9.45. The molecule has 1 fully saturated rings. The Hall–Kier alpha value is -3.42. The molecule has 1 saturated heterocycles. The minimum absolute atomic E-state index is 0.00677. The number of anilines is 1. The Morgan fingerprint density at radius 2 is 1.97 bits per heavy atom. The largest absolute Gasteiger partial charge is 0.444 e. The first-order valence-electron chi connectivity index (χ1n) is 9.45. The fraction of sp³-hybridized carbons (Fsp3) is 0.333. The van der Waals surface area contributed by atoms with Gasteiger partial charge < -0.3 is 15.4 Å². The fourth-order valence-corrected chi connectivity index (χ4v) is 3.57. The molecule has 2 atom stereocenters. The van der Waals surface area contributed by atoms with Gasteiger partial charge in [-0.05, 0) is 30.9 Å². The third-order valence-electron chi connectivity index (χ3n) is 4.99. The van der Waals surface area contributed by atoms with Gasteiger partial charge in [0.1, 0.15) is 5.69 Å². The number of nitro benzene ring substituents is 1. The number of nitro groups is 1. The van der Waals surface area contributed by atoms with E-state index in [1.54, 1.807) is 36.4 Å². The van der Waals surface area contributed by atoms with Gasteiger partial charge in [0, 0.05) is 24.7 Å². The molecule has 0 radical (unpaired) electrons. The van der Waals surface area contributed by atoms with E-state index in [1.807, 2.05) is 4.90 Å². The summed E-state index contributed by atoms with van der Waals surface area (Å²) in [4.78, 5) is 37.4. The van der Waals surface area contributed by atoms with Crippen molar-refractivity contribution in [2.24, 2.45) is 11.7 Å². The number of esters is 1. The molecule has 0 aromatic heterocycles. The van der Waals surface area contributed by atoms with E-state index in [-0.39, 0.29) is 11.3 Å². The Balaban J connectivity index is 1.86. The molecule has 8 nitrogen and oxygen atoms in total. The van der Waals surface area contributed by atoms with E-state index in [9.17, 15) is 19.7 Å². The molecule has 2 aromatic rings. The van der Waals surface area contributed by atoms with Gasteiger partial charge in [-0.3, -0.25) is 14.9 Å². The second kappa shape index (κ2) is 8.72. The van der Waals surface area contributed by atoms with E-state index < -0.39 is 22.9 Å². The molecular weight excluding hydrogens is 374 g/mol. The van der Waals surface area contributed by atoms with Crippen LogP contribution in [0.1, 0.15) is 41.8 Å². The van der Waals surface area contributed by atoms with Crippen LogP contribution in [-0.4, -0.2) is 29.9 Å². The monoisotopic (exact) mass is 397 g/mol. The summed E-state index contributed by atoms with van der Waals surface area (Å²) in [6.45, 7) is 3.56. The highest BCUT2D eigenvalue weighted by molar-refractivity contribution is 5.94. The summed E-state index contributed by atoms with van der Waals surface area (Å²) in [6, 6.07) is 12.6. The van der Waals surface area contributed by atoms with Crippen LogP contribution in [0.3, 0.4) is 0 Å². The van der Waals surface area contributed by atoms with Gasteiger partial charge >= 0.3 is 5.97 Å². The normalized spacial score (nSPS) is 17.4. The summed E-state index contributed by atoms with van der Waals surface area (Å²) >= 11 is 0. The summed E-state index contributed by atoms with van der Waals surface area (Å²) < 4.78 is 5.27. The van der Waals surface area contributed by atoms with E-state index in [4.69, 9.17) is 10.5 Å². The minimum atomic E-state index is -1.27. The van der Waals surface area contributed by atoms with Crippen LogP contribution in [0.25, 0.3) is 0 Å². The number of primary amides is 1. The molecular formula is C21H23N3O5. The van der Waals surface area contributed by atoms with Gasteiger partial charge in [0.15, 0.2) is 0 Å². The van der Waals surface area contributed by atoms with Crippen LogP contribution in [-0.2, 0) is 9.53 Å². The third kappa shape index (κ3) is 4.71. The molecule has 1 aliphatic heterocycles. The number of nitrogens with zero attached hydrogens (tertiary/aromatic N) is 2. The fourth-order valence-electron chi connectivity index (χ4n) is 3.57. The number of carbonyl (C=O) groups excluding carboxylic acids is 2. The molecule has 0 spiro atoms. The van der Waals surface area contributed by atoms with E-state index in [0.717, 1.165) is 25.9 Å². The Bertz CT molecular complexity index is 916. The molecule has 152 valence electrons. The minimum Gasteiger partial charge on any atom is -0.444 e. The number of ether oxygens (including phenoxy) is 1. The highest BCUT2D eigenvalue weighted by Gasteiger charge is 2.28. The first kappa shape index (κ1) is 20.3. The van der Waals surface area contributed by atoms with Crippen molar-refractivity contribution in [3.63, 3.8) is 0 Å². The van der Waals surface area contributed by atoms with Crippen LogP contribution >= 0.6 is 0 Å². The molecule has 2 aromatic carbocycles.